The first-order chi connectivity index (χ1) is 9.07. The number of nitrogens with zero attached hydrogens (tertiary/aromatic N) is 1. The monoisotopic (exact) mass is 279 g/mol. The molecule has 2 aromatic rings. The van der Waals surface area contributed by atoms with Crippen molar-refractivity contribution in [3.63, 3.8) is 0 Å². The highest BCUT2D eigenvalue weighted by atomic mass is 32.2. The van der Waals surface area contributed by atoms with Crippen LogP contribution in [0.15, 0.2) is 30.5 Å². The van der Waals surface area contributed by atoms with Gasteiger partial charge in [-0.1, -0.05) is 19.1 Å². The number of benzene rings is 1. The maximum absolute atomic E-state index is 11.7. The molecular weight excluding hydrogens is 262 g/mol. The van der Waals surface area contributed by atoms with Crippen molar-refractivity contribution >= 4 is 27.0 Å². The van der Waals surface area contributed by atoms with Gasteiger partial charge >= 0.3 is 0 Å². The number of sulfone groups is 1. The highest BCUT2D eigenvalue weighted by molar-refractivity contribution is 7.91. The molecule has 1 aromatic carbocycles. The zero-order chi connectivity index (χ0) is 13.9. The minimum absolute atomic E-state index is 0.109. The molecule has 0 fully saturated rings. The van der Waals surface area contributed by atoms with Crippen LogP contribution in [0.4, 0.5) is 0 Å². The number of aromatic nitrogens is 1. The predicted molar refractivity (Wildman–Crippen MR) is 76.3 cm³/mol. The Balaban J connectivity index is 2.29. The van der Waals surface area contributed by atoms with E-state index in [1.165, 1.54) is 0 Å². The van der Waals surface area contributed by atoms with Crippen molar-refractivity contribution in [2.45, 2.75) is 19.9 Å². The van der Waals surface area contributed by atoms with Gasteiger partial charge in [0.25, 0.3) is 0 Å². The van der Waals surface area contributed by atoms with Crippen LogP contribution in [0.25, 0.3) is 10.9 Å². The first kappa shape index (κ1) is 13.8. The van der Waals surface area contributed by atoms with Gasteiger partial charge in [-0.15, -0.1) is 0 Å². The van der Waals surface area contributed by atoms with Crippen molar-refractivity contribution in [1.82, 2.24) is 4.57 Å². The van der Waals surface area contributed by atoms with Crippen LogP contribution in [0.3, 0.4) is 0 Å². The number of fused-ring (bicyclic) bond motifs is 1. The maximum Gasteiger partial charge on any atom is 0.152 e. The van der Waals surface area contributed by atoms with Crippen molar-refractivity contribution in [3.05, 3.63) is 36.0 Å². The molecule has 0 spiro atoms. The average molecular weight is 279 g/mol. The molecule has 0 aliphatic carbocycles. The maximum atomic E-state index is 11.7. The van der Waals surface area contributed by atoms with Crippen LogP contribution in [-0.4, -0.2) is 30.8 Å². The lowest BCUT2D eigenvalue weighted by atomic mass is 10.1. The first-order valence-electron chi connectivity index (χ1n) is 6.31. The van der Waals surface area contributed by atoms with Crippen molar-refractivity contribution in [1.29, 1.82) is 0 Å². The molecule has 4 nitrogen and oxygen atoms in total. The number of aryl methyl sites for hydroxylation is 1. The van der Waals surface area contributed by atoms with Gasteiger partial charge in [0, 0.05) is 29.4 Å². The van der Waals surface area contributed by atoms with Gasteiger partial charge in [0.05, 0.1) is 11.3 Å². The summed E-state index contributed by atoms with van der Waals surface area (Å²) in [5.41, 5.74) is 1.40. The number of rotatable bonds is 6. The SMILES string of the molecule is CCCS(=O)(=O)CCn1ccc2cccc(C=O)c21. The third kappa shape index (κ3) is 3.04. The van der Waals surface area contributed by atoms with Crippen molar-refractivity contribution in [3.8, 4) is 0 Å². The van der Waals surface area contributed by atoms with E-state index in [0.717, 1.165) is 17.2 Å². The lowest BCUT2D eigenvalue weighted by molar-refractivity contribution is 0.112. The summed E-state index contributed by atoms with van der Waals surface area (Å²) >= 11 is 0. The summed E-state index contributed by atoms with van der Waals surface area (Å²) in [6.07, 6.45) is 3.27. The normalized spacial score (nSPS) is 11.8. The second-order valence-corrected chi connectivity index (χ2v) is 6.87. The molecule has 0 N–H and O–H groups in total. The fraction of sp³-hybridized carbons (Fsp3) is 0.357. The molecule has 2 rings (SSSR count). The Morgan fingerprint density at radius 1 is 1.21 bits per heavy atom. The molecule has 102 valence electrons. The van der Waals surface area contributed by atoms with E-state index in [-0.39, 0.29) is 11.5 Å². The molecule has 19 heavy (non-hydrogen) atoms. The summed E-state index contributed by atoms with van der Waals surface area (Å²) < 4.78 is 25.3. The number of aldehydes is 1. The Hall–Kier alpha value is -1.62. The van der Waals surface area contributed by atoms with Crippen molar-refractivity contribution in [2.24, 2.45) is 0 Å². The highest BCUT2D eigenvalue weighted by Gasteiger charge is 2.11. The summed E-state index contributed by atoms with van der Waals surface area (Å²) in [6, 6.07) is 7.38. The summed E-state index contributed by atoms with van der Waals surface area (Å²) in [6.45, 7) is 2.24. The standard InChI is InChI=1S/C14H17NO3S/c1-2-9-19(17,18)10-8-15-7-6-12-4-3-5-13(11-16)14(12)15/h3-7,11H,2,8-10H2,1H3. The minimum atomic E-state index is -3.01. The largest absolute Gasteiger partial charge is 0.346 e. The van der Waals surface area contributed by atoms with Crippen LogP contribution in [0, 0.1) is 0 Å². The molecule has 0 aliphatic heterocycles. The first-order valence-corrected chi connectivity index (χ1v) is 8.13. The van der Waals surface area contributed by atoms with Crippen LogP contribution in [0.2, 0.25) is 0 Å². The summed E-state index contributed by atoms with van der Waals surface area (Å²) in [5.74, 6) is 0.324. The molecule has 1 aromatic heterocycles. The molecule has 0 bridgehead atoms. The molecule has 0 atom stereocenters. The molecule has 0 aliphatic rings. The van der Waals surface area contributed by atoms with Gasteiger partial charge in [0.1, 0.15) is 0 Å². The van der Waals surface area contributed by atoms with Gasteiger partial charge in [-0.25, -0.2) is 8.42 Å². The van der Waals surface area contributed by atoms with Gasteiger partial charge in [-0.2, -0.15) is 0 Å². The van der Waals surface area contributed by atoms with Crippen LogP contribution < -0.4 is 0 Å². The van der Waals surface area contributed by atoms with Gasteiger partial charge < -0.3 is 4.57 Å². The van der Waals surface area contributed by atoms with Crippen LogP contribution in [0.1, 0.15) is 23.7 Å². The molecule has 0 saturated heterocycles. The molecule has 0 unspecified atom stereocenters. The molecule has 1 heterocycles. The molecule has 5 heteroatoms. The Kier molecular flexibility index (Phi) is 4.04. The second-order valence-electron chi connectivity index (χ2n) is 4.56. The van der Waals surface area contributed by atoms with E-state index in [1.807, 2.05) is 35.9 Å². The fourth-order valence-electron chi connectivity index (χ4n) is 2.22. The lowest BCUT2D eigenvalue weighted by Gasteiger charge is -2.07. The fourth-order valence-corrected chi connectivity index (χ4v) is 3.52. The third-order valence-corrected chi connectivity index (χ3v) is 4.94. The molecular formula is C14H17NO3S. The van der Waals surface area contributed by atoms with Gasteiger partial charge in [-0.3, -0.25) is 4.79 Å². The van der Waals surface area contributed by atoms with Crippen LogP contribution in [0.5, 0.6) is 0 Å². The van der Waals surface area contributed by atoms with E-state index in [9.17, 15) is 13.2 Å². The van der Waals surface area contributed by atoms with E-state index in [2.05, 4.69) is 0 Å². The Bertz CT molecular complexity index is 686. The molecule has 0 saturated carbocycles. The van der Waals surface area contributed by atoms with E-state index < -0.39 is 9.84 Å². The van der Waals surface area contributed by atoms with Gasteiger partial charge in [0.2, 0.25) is 0 Å². The zero-order valence-electron chi connectivity index (χ0n) is 10.9. The lowest BCUT2D eigenvalue weighted by Crippen LogP contribution is -2.15. The zero-order valence-corrected chi connectivity index (χ0v) is 11.7. The number of carbonyl (C=O) groups excluding carboxylic acids is 1. The molecule has 0 amide bonds. The van der Waals surface area contributed by atoms with Gasteiger partial charge in [0.15, 0.2) is 16.1 Å². The highest BCUT2D eigenvalue weighted by Crippen LogP contribution is 2.19. The third-order valence-electron chi connectivity index (χ3n) is 3.10. The second kappa shape index (κ2) is 5.57. The number of hydrogen-bond acceptors (Lipinski definition) is 3. The van der Waals surface area contributed by atoms with Crippen molar-refractivity contribution in [2.75, 3.05) is 11.5 Å². The van der Waals surface area contributed by atoms with E-state index in [1.54, 1.807) is 6.07 Å². The summed E-state index contributed by atoms with van der Waals surface area (Å²) in [7, 11) is -3.01. The smallest absolute Gasteiger partial charge is 0.152 e. The molecule has 0 radical (unpaired) electrons. The summed E-state index contributed by atoms with van der Waals surface area (Å²) in [4.78, 5) is 11.0. The van der Waals surface area contributed by atoms with E-state index >= 15 is 0 Å². The number of carbonyl (C=O) groups is 1. The number of hydrogen-bond donors (Lipinski definition) is 0. The Morgan fingerprint density at radius 2 is 2.00 bits per heavy atom. The topological polar surface area (TPSA) is 56.1 Å². The average Bonchev–Trinajstić information content (AvgIpc) is 2.79. The van der Waals surface area contributed by atoms with Gasteiger partial charge in [-0.05, 0) is 18.6 Å². The van der Waals surface area contributed by atoms with E-state index in [4.69, 9.17) is 0 Å². The minimum Gasteiger partial charge on any atom is -0.346 e. The summed E-state index contributed by atoms with van der Waals surface area (Å²) in [5, 5.41) is 0.956. The Labute approximate surface area is 113 Å². The van der Waals surface area contributed by atoms with Crippen LogP contribution in [-0.2, 0) is 16.4 Å². The Morgan fingerprint density at radius 3 is 2.68 bits per heavy atom. The predicted octanol–water partition coefficient (Wildman–Crippen LogP) is 2.28. The quantitative estimate of drug-likeness (QED) is 0.762. The number of para-hydroxylation sites is 1. The van der Waals surface area contributed by atoms with Crippen molar-refractivity contribution < 1.29 is 13.2 Å². The van der Waals surface area contributed by atoms with E-state index in [0.29, 0.717) is 18.5 Å². The van der Waals surface area contributed by atoms with Crippen LogP contribution >= 0.6 is 0 Å².